The topological polar surface area (TPSA) is 12.4 Å². The molecule has 22 heavy (non-hydrogen) atoms. The Kier molecular flexibility index (Phi) is 3.81. The number of allylic oxidation sites excluding steroid dienone is 1. The molecule has 0 aliphatic carbocycles. The predicted molar refractivity (Wildman–Crippen MR) is 87.2 cm³/mol. The summed E-state index contributed by atoms with van der Waals surface area (Å²) in [7, 11) is 1.78. The molecular formula is C17H14ClF2N2+. The van der Waals surface area contributed by atoms with E-state index in [1.165, 1.54) is 6.08 Å². The average Bonchev–Trinajstić information content (AvgIpc) is 2.92. The highest BCUT2D eigenvalue weighted by Crippen LogP contribution is 2.37. The molecule has 2 aromatic rings. The van der Waals surface area contributed by atoms with Gasteiger partial charge in [-0.15, -0.1) is 4.59 Å². The van der Waals surface area contributed by atoms with E-state index in [1.54, 1.807) is 25.4 Å². The first-order valence-electron chi connectivity index (χ1n) is 6.79. The third-order valence-electron chi connectivity index (χ3n) is 3.63. The normalized spacial score (nSPS) is 20.5. The summed E-state index contributed by atoms with van der Waals surface area (Å²) in [5.41, 5.74) is 2.53. The van der Waals surface area contributed by atoms with Crippen LogP contribution in [0.3, 0.4) is 0 Å². The van der Waals surface area contributed by atoms with Crippen LogP contribution >= 0.6 is 11.6 Å². The molecule has 5 heteroatoms. The largest absolute Gasteiger partial charge is 0.285 e. The fourth-order valence-corrected chi connectivity index (χ4v) is 2.65. The molecule has 0 N–H and O–H groups in total. The van der Waals surface area contributed by atoms with Crippen molar-refractivity contribution < 1.29 is 8.78 Å². The molecule has 2 aromatic carbocycles. The molecule has 0 saturated heterocycles. The number of para-hydroxylation sites is 1. The quantitative estimate of drug-likeness (QED) is 0.699. The number of rotatable bonds is 3. The Morgan fingerprint density at radius 2 is 1.73 bits per heavy atom. The fourth-order valence-electron chi connectivity index (χ4n) is 2.52. The number of alkyl halides is 2. The molecule has 0 radical (unpaired) electrons. The molecule has 0 aromatic heterocycles. The van der Waals surface area contributed by atoms with Crippen LogP contribution in [0.1, 0.15) is 0 Å². The van der Waals surface area contributed by atoms with E-state index in [4.69, 9.17) is 11.6 Å². The third-order valence-corrected chi connectivity index (χ3v) is 3.88. The zero-order chi connectivity index (χ0) is 15.7. The van der Waals surface area contributed by atoms with E-state index in [0.29, 0.717) is 5.02 Å². The summed E-state index contributed by atoms with van der Waals surface area (Å²) < 4.78 is 25.7. The summed E-state index contributed by atoms with van der Waals surface area (Å²) >= 11 is 5.93. The zero-order valence-electron chi connectivity index (χ0n) is 11.9. The highest BCUT2D eigenvalue weighted by atomic mass is 35.5. The number of nitrogens with zero attached hydrogens (tertiary/aromatic N) is 2. The lowest BCUT2D eigenvalue weighted by atomic mass is 10.0. The second-order valence-electron chi connectivity index (χ2n) is 5.19. The molecule has 0 saturated carbocycles. The highest BCUT2D eigenvalue weighted by molar-refractivity contribution is 6.30. The Labute approximate surface area is 132 Å². The minimum absolute atomic E-state index is 0.0293. The number of hydrogen-bond acceptors (Lipinski definition) is 1. The maximum absolute atomic E-state index is 12.9. The minimum Gasteiger partial charge on any atom is -0.203 e. The van der Waals surface area contributed by atoms with Crippen molar-refractivity contribution in [3.8, 4) is 11.1 Å². The molecule has 3 rings (SSSR count). The van der Waals surface area contributed by atoms with Gasteiger partial charge in [0.25, 0.3) is 6.43 Å². The lowest BCUT2D eigenvalue weighted by Gasteiger charge is -2.22. The molecular weight excluding hydrogens is 306 g/mol. The SMILES string of the molecule is C[N+]1(c2ccccc2-c2ccc(Cl)cc2)C=CC(C(F)F)=N1. The lowest BCUT2D eigenvalue weighted by Crippen LogP contribution is -2.31. The second-order valence-corrected chi connectivity index (χ2v) is 5.63. The summed E-state index contributed by atoms with van der Waals surface area (Å²) in [6, 6.07) is 15.1. The molecule has 0 spiro atoms. The van der Waals surface area contributed by atoms with Crippen LogP contribution in [0.2, 0.25) is 5.02 Å². The van der Waals surface area contributed by atoms with Crippen molar-refractivity contribution in [2.24, 2.45) is 5.10 Å². The molecule has 2 nitrogen and oxygen atoms in total. The highest BCUT2D eigenvalue weighted by Gasteiger charge is 2.33. The zero-order valence-corrected chi connectivity index (χ0v) is 12.6. The van der Waals surface area contributed by atoms with Crippen LogP contribution < -0.4 is 4.59 Å². The van der Waals surface area contributed by atoms with Crippen molar-refractivity contribution in [1.82, 2.24) is 4.59 Å². The van der Waals surface area contributed by atoms with Gasteiger partial charge in [-0.1, -0.05) is 41.0 Å². The summed E-state index contributed by atoms with van der Waals surface area (Å²) in [4.78, 5) is 0. The van der Waals surface area contributed by atoms with Crippen molar-refractivity contribution in [3.05, 3.63) is 65.8 Å². The maximum atomic E-state index is 12.9. The Bertz CT molecular complexity index is 754. The van der Waals surface area contributed by atoms with Crippen molar-refractivity contribution in [2.75, 3.05) is 7.05 Å². The summed E-state index contributed by atoms with van der Waals surface area (Å²) in [6.07, 6.45) is 0.471. The van der Waals surface area contributed by atoms with Gasteiger partial charge in [-0.25, -0.2) is 8.78 Å². The van der Waals surface area contributed by atoms with E-state index in [-0.39, 0.29) is 10.3 Å². The molecule has 1 heterocycles. The van der Waals surface area contributed by atoms with Crippen LogP contribution in [0.15, 0.2) is 65.9 Å². The van der Waals surface area contributed by atoms with Gasteiger partial charge >= 0.3 is 0 Å². The van der Waals surface area contributed by atoms with Crippen LogP contribution in [-0.4, -0.2) is 19.2 Å². The van der Waals surface area contributed by atoms with Gasteiger partial charge in [-0.3, -0.25) is 0 Å². The molecule has 1 aliphatic heterocycles. The van der Waals surface area contributed by atoms with Crippen LogP contribution in [0.5, 0.6) is 0 Å². The van der Waals surface area contributed by atoms with Crippen LogP contribution in [0.4, 0.5) is 14.5 Å². The average molecular weight is 320 g/mol. The lowest BCUT2D eigenvalue weighted by molar-refractivity contribution is 0.225. The molecule has 1 unspecified atom stereocenters. The number of halogens is 3. The Morgan fingerprint density at radius 3 is 2.36 bits per heavy atom. The van der Waals surface area contributed by atoms with Crippen molar-refractivity contribution in [2.45, 2.75) is 6.43 Å². The smallest absolute Gasteiger partial charge is 0.203 e. The Hall–Kier alpha value is -2.04. The molecule has 1 atom stereocenters. The molecule has 0 amide bonds. The van der Waals surface area contributed by atoms with Gasteiger partial charge in [0.05, 0.1) is 0 Å². The molecule has 0 fully saturated rings. The molecule has 0 bridgehead atoms. The van der Waals surface area contributed by atoms with Crippen molar-refractivity contribution in [3.63, 3.8) is 0 Å². The van der Waals surface area contributed by atoms with Gasteiger partial charge < -0.3 is 0 Å². The first-order chi connectivity index (χ1) is 10.5. The van der Waals surface area contributed by atoms with Gasteiger partial charge in [0, 0.05) is 22.7 Å². The number of quaternary nitrogens is 1. The van der Waals surface area contributed by atoms with E-state index in [9.17, 15) is 8.78 Å². The summed E-state index contributed by atoms with van der Waals surface area (Å²) in [6.45, 7) is 0. The Balaban J connectivity index is 2.10. The van der Waals surface area contributed by atoms with E-state index in [0.717, 1.165) is 16.8 Å². The van der Waals surface area contributed by atoms with Crippen LogP contribution in [0, 0.1) is 0 Å². The monoisotopic (exact) mass is 319 g/mol. The second kappa shape index (κ2) is 5.63. The van der Waals surface area contributed by atoms with Gasteiger partial charge in [0.2, 0.25) is 0 Å². The summed E-state index contributed by atoms with van der Waals surface area (Å²) in [5.74, 6) is 0. The predicted octanol–water partition coefficient (Wildman–Crippen LogP) is 5.09. The fraction of sp³-hybridized carbons (Fsp3) is 0.118. The molecule has 1 aliphatic rings. The van der Waals surface area contributed by atoms with E-state index < -0.39 is 6.43 Å². The van der Waals surface area contributed by atoms with Crippen LogP contribution in [0.25, 0.3) is 11.1 Å². The number of hydrogen-bond donors (Lipinski definition) is 0. The van der Waals surface area contributed by atoms with E-state index in [2.05, 4.69) is 5.10 Å². The Morgan fingerprint density at radius 1 is 1.05 bits per heavy atom. The first kappa shape index (κ1) is 14.9. The van der Waals surface area contributed by atoms with Crippen molar-refractivity contribution >= 4 is 23.0 Å². The third kappa shape index (κ3) is 2.67. The van der Waals surface area contributed by atoms with E-state index >= 15 is 0 Å². The van der Waals surface area contributed by atoms with Crippen LogP contribution in [-0.2, 0) is 0 Å². The van der Waals surface area contributed by atoms with E-state index in [1.807, 2.05) is 36.4 Å². The standard InChI is InChI=1S/C17H14ClF2N2/c1-22(11-10-15(21-22)17(19)20)16-5-3-2-4-14(16)12-6-8-13(18)9-7-12/h2-11,17H,1H3/q+1. The van der Waals surface area contributed by atoms with Crippen molar-refractivity contribution in [1.29, 1.82) is 0 Å². The first-order valence-corrected chi connectivity index (χ1v) is 7.17. The molecule has 112 valence electrons. The number of benzene rings is 2. The minimum atomic E-state index is -2.57. The van der Waals surface area contributed by atoms with Gasteiger partial charge in [0.15, 0.2) is 11.4 Å². The van der Waals surface area contributed by atoms with Gasteiger partial charge in [-0.2, -0.15) is 0 Å². The van der Waals surface area contributed by atoms with Gasteiger partial charge in [-0.05, 0) is 23.8 Å². The summed E-state index contributed by atoms with van der Waals surface area (Å²) in [5, 5.41) is 4.81. The maximum Gasteiger partial charge on any atom is 0.285 e. The van der Waals surface area contributed by atoms with Gasteiger partial charge in [0.1, 0.15) is 13.2 Å².